The smallest absolute Gasteiger partial charge is 0.490 e. The van der Waals surface area contributed by atoms with Gasteiger partial charge in [-0.2, -0.15) is 13.2 Å². The van der Waals surface area contributed by atoms with Crippen LogP contribution < -0.4 is 14.8 Å². The number of ether oxygens (including phenoxy) is 2. The summed E-state index contributed by atoms with van der Waals surface area (Å²) in [4.78, 5) is 26.7. The molecule has 10 nitrogen and oxygen atoms in total. The van der Waals surface area contributed by atoms with Crippen LogP contribution in [0.4, 0.5) is 18.3 Å². The summed E-state index contributed by atoms with van der Waals surface area (Å²) in [6.45, 7) is 0. The number of carboxylic acid groups (broad SMARTS) is 1. The summed E-state index contributed by atoms with van der Waals surface area (Å²) < 4.78 is 47.9. The zero-order valence-corrected chi connectivity index (χ0v) is 22.2. The maximum atomic E-state index is 13.2. The van der Waals surface area contributed by atoms with E-state index >= 15 is 0 Å². The van der Waals surface area contributed by atoms with Crippen molar-refractivity contribution in [3.8, 4) is 23.0 Å². The number of aliphatic carboxylic acids is 1. The van der Waals surface area contributed by atoms with Crippen molar-refractivity contribution in [1.29, 1.82) is 0 Å². The van der Waals surface area contributed by atoms with Crippen LogP contribution >= 0.6 is 11.3 Å². The average Bonchev–Trinajstić information content (AvgIpc) is 3.65. The third kappa shape index (κ3) is 7.16. The quantitative estimate of drug-likeness (QED) is 0.241. The third-order valence-corrected chi connectivity index (χ3v) is 6.31. The second-order valence-corrected chi connectivity index (χ2v) is 9.24. The molecule has 0 saturated carbocycles. The van der Waals surface area contributed by atoms with Crippen LogP contribution in [0.5, 0.6) is 11.5 Å². The highest BCUT2D eigenvalue weighted by atomic mass is 32.1. The molecule has 0 saturated heterocycles. The number of fused-ring (bicyclic) bond motifs is 1. The Kier molecular flexibility index (Phi) is 8.82. The molecule has 212 valence electrons. The van der Waals surface area contributed by atoms with Crippen LogP contribution in [0.15, 0.2) is 71.3 Å². The number of carboxylic acids is 1. The number of aromatic nitrogens is 3. The molecular formula is C27H21F3N4O6S. The summed E-state index contributed by atoms with van der Waals surface area (Å²) in [5, 5.41) is 20.3. The summed E-state index contributed by atoms with van der Waals surface area (Å²) in [6.07, 6.45) is -2.96. The van der Waals surface area contributed by atoms with Crippen LogP contribution in [-0.4, -0.2) is 52.6 Å². The number of hydrogen-bond acceptors (Lipinski definition) is 9. The van der Waals surface area contributed by atoms with Crippen molar-refractivity contribution in [2.24, 2.45) is 0 Å². The number of methoxy groups -OCH3 is 2. The average molecular weight is 587 g/mol. The number of alkyl halides is 3. The molecule has 0 atom stereocenters. The fourth-order valence-corrected chi connectivity index (χ4v) is 4.39. The second kappa shape index (κ2) is 12.5. The van der Waals surface area contributed by atoms with Crippen LogP contribution in [0.3, 0.4) is 0 Å². The number of halogens is 3. The van der Waals surface area contributed by atoms with Gasteiger partial charge >= 0.3 is 12.1 Å². The van der Waals surface area contributed by atoms with Gasteiger partial charge in [0.2, 0.25) is 5.13 Å². The van der Waals surface area contributed by atoms with E-state index in [0.717, 1.165) is 16.0 Å². The Morgan fingerprint density at radius 2 is 1.73 bits per heavy atom. The SMILES string of the molecule is COc1ccc(Cc2nnc(NC(=O)c3cc(-c4ccco4)nc4ccccc34)s2)cc1OC.O=C(O)C(F)(F)F. The molecule has 0 aliphatic rings. The lowest BCUT2D eigenvalue weighted by Gasteiger charge is -2.08. The molecule has 5 aromatic rings. The minimum atomic E-state index is -5.08. The summed E-state index contributed by atoms with van der Waals surface area (Å²) >= 11 is 1.32. The molecule has 0 unspecified atom stereocenters. The molecule has 0 bridgehead atoms. The Bertz CT molecular complexity index is 1670. The van der Waals surface area contributed by atoms with Gasteiger partial charge < -0.3 is 19.0 Å². The number of para-hydroxylation sites is 1. The highest BCUT2D eigenvalue weighted by Gasteiger charge is 2.38. The highest BCUT2D eigenvalue weighted by molar-refractivity contribution is 7.15. The van der Waals surface area contributed by atoms with E-state index in [1.54, 1.807) is 32.6 Å². The molecule has 2 N–H and O–H groups in total. The number of benzene rings is 2. The molecule has 1 amide bonds. The Labute approximate surface area is 234 Å². The number of nitrogens with zero attached hydrogens (tertiary/aromatic N) is 3. The number of carbonyl (C=O) groups is 2. The normalized spacial score (nSPS) is 11.0. The first-order chi connectivity index (χ1) is 19.6. The number of rotatable bonds is 7. The van der Waals surface area contributed by atoms with Crippen LogP contribution in [0, 0.1) is 0 Å². The third-order valence-electron chi connectivity index (χ3n) is 5.47. The molecule has 2 aromatic carbocycles. The van der Waals surface area contributed by atoms with Gasteiger partial charge in [-0.3, -0.25) is 10.1 Å². The number of carbonyl (C=O) groups excluding carboxylic acids is 1. The van der Waals surface area contributed by atoms with Crippen LogP contribution in [0.25, 0.3) is 22.4 Å². The molecular weight excluding hydrogens is 565 g/mol. The standard InChI is InChI=1S/C25H20N4O4S.C2HF3O2/c1-31-21-10-9-15(12-22(21)32-2)13-23-28-29-25(34-23)27-24(30)17-14-19(20-8-5-11-33-20)26-18-7-4-3-6-16(17)18;3-2(4,5)1(6)7/h3-12,14H,13H2,1-2H3,(H,27,29,30);(H,6,7). The fraction of sp³-hybridized carbons (Fsp3) is 0.148. The highest BCUT2D eigenvalue weighted by Crippen LogP contribution is 2.30. The van der Waals surface area contributed by atoms with Crippen LogP contribution in [0.2, 0.25) is 0 Å². The predicted octanol–water partition coefficient (Wildman–Crippen LogP) is 5.84. The Balaban J connectivity index is 0.000000493. The lowest BCUT2D eigenvalue weighted by atomic mass is 10.1. The Hall–Kier alpha value is -4.98. The van der Waals surface area contributed by atoms with Crippen molar-refractivity contribution in [1.82, 2.24) is 15.2 Å². The maximum absolute atomic E-state index is 13.2. The number of pyridine rings is 1. The van der Waals surface area contributed by atoms with Gasteiger partial charge in [-0.05, 0) is 42.0 Å². The predicted molar refractivity (Wildman–Crippen MR) is 143 cm³/mol. The topological polar surface area (TPSA) is 137 Å². The number of nitrogens with one attached hydrogen (secondary N) is 1. The first-order valence-electron chi connectivity index (χ1n) is 11.7. The van der Waals surface area contributed by atoms with E-state index in [1.807, 2.05) is 48.5 Å². The molecule has 5 rings (SSSR count). The van der Waals surface area contributed by atoms with E-state index in [0.29, 0.717) is 45.6 Å². The van der Waals surface area contributed by atoms with E-state index < -0.39 is 12.1 Å². The first-order valence-corrected chi connectivity index (χ1v) is 12.5. The number of furan rings is 1. The van der Waals surface area contributed by atoms with Gasteiger partial charge in [0, 0.05) is 11.8 Å². The number of anilines is 1. The van der Waals surface area contributed by atoms with Gasteiger partial charge in [-0.1, -0.05) is 35.6 Å². The van der Waals surface area contributed by atoms with E-state index in [1.165, 1.54) is 11.3 Å². The van der Waals surface area contributed by atoms with Crippen molar-refractivity contribution in [2.75, 3.05) is 19.5 Å². The minimum absolute atomic E-state index is 0.291. The summed E-state index contributed by atoms with van der Waals surface area (Å²) in [5.74, 6) is -1.15. The van der Waals surface area contributed by atoms with Crippen molar-refractivity contribution in [2.45, 2.75) is 12.6 Å². The molecule has 14 heteroatoms. The van der Waals surface area contributed by atoms with Crippen molar-refractivity contribution >= 4 is 39.2 Å². The van der Waals surface area contributed by atoms with Gasteiger partial charge in [0.1, 0.15) is 10.7 Å². The summed E-state index contributed by atoms with van der Waals surface area (Å²) in [7, 11) is 3.20. The lowest BCUT2D eigenvalue weighted by Crippen LogP contribution is -2.21. The molecule has 41 heavy (non-hydrogen) atoms. The molecule has 3 aromatic heterocycles. The molecule has 0 aliphatic carbocycles. The van der Waals surface area contributed by atoms with Gasteiger partial charge in [-0.25, -0.2) is 9.78 Å². The largest absolute Gasteiger partial charge is 0.493 e. The lowest BCUT2D eigenvalue weighted by molar-refractivity contribution is -0.192. The van der Waals surface area contributed by atoms with Gasteiger partial charge in [0.15, 0.2) is 17.3 Å². The van der Waals surface area contributed by atoms with E-state index in [4.69, 9.17) is 23.8 Å². The van der Waals surface area contributed by atoms with Gasteiger partial charge in [0.05, 0.1) is 31.6 Å². The first kappa shape index (κ1) is 29.0. The van der Waals surface area contributed by atoms with Crippen molar-refractivity contribution in [3.63, 3.8) is 0 Å². The molecule has 0 spiro atoms. The van der Waals surface area contributed by atoms with Gasteiger partial charge in [0.25, 0.3) is 5.91 Å². The Morgan fingerprint density at radius 3 is 2.39 bits per heavy atom. The zero-order chi connectivity index (χ0) is 29.6. The van der Waals surface area contributed by atoms with Crippen molar-refractivity contribution in [3.05, 3.63) is 83.1 Å². The van der Waals surface area contributed by atoms with Crippen LogP contribution in [-0.2, 0) is 11.2 Å². The molecule has 0 aliphatic heterocycles. The van der Waals surface area contributed by atoms with E-state index in [2.05, 4.69) is 20.5 Å². The van der Waals surface area contributed by atoms with Gasteiger partial charge in [-0.15, -0.1) is 10.2 Å². The zero-order valence-electron chi connectivity index (χ0n) is 21.4. The second-order valence-electron chi connectivity index (χ2n) is 8.17. The number of amides is 1. The fourth-order valence-electron chi connectivity index (χ4n) is 3.62. The molecule has 0 radical (unpaired) electrons. The van der Waals surface area contributed by atoms with E-state index in [9.17, 15) is 18.0 Å². The molecule has 0 fully saturated rings. The minimum Gasteiger partial charge on any atom is -0.493 e. The van der Waals surface area contributed by atoms with E-state index in [-0.39, 0.29) is 5.91 Å². The van der Waals surface area contributed by atoms with Crippen LogP contribution in [0.1, 0.15) is 20.9 Å². The summed E-state index contributed by atoms with van der Waals surface area (Å²) in [5.41, 5.74) is 2.76. The maximum Gasteiger partial charge on any atom is 0.490 e. The molecule has 3 heterocycles. The van der Waals surface area contributed by atoms with Crippen molar-refractivity contribution < 1.29 is 41.8 Å². The Morgan fingerprint density at radius 1 is 1.00 bits per heavy atom. The summed E-state index contributed by atoms with van der Waals surface area (Å²) in [6, 6.07) is 18.5. The monoisotopic (exact) mass is 586 g/mol. The number of hydrogen-bond donors (Lipinski definition) is 2.